The third kappa shape index (κ3) is 1.50. The second kappa shape index (κ2) is 4.09. The standard InChI is InChI=1S/C18H9BrOS/c19-13-6-3-5-10-11-8-9-15-16(18(11)21-17(10)13)12-4-1-2-7-14(12)20-15/h1-9H. The number of fused-ring (bicyclic) bond motifs is 7. The van der Waals surface area contributed by atoms with E-state index < -0.39 is 0 Å². The van der Waals surface area contributed by atoms with E-state index in [2.05, 4.69) is 58.4 Å². The molecule has 0 saturated heterocycles. The summed E-state index contributed by atoms with van der Waals surface area (Å²) in [5.74, 6) is 0. The molecule has 5 rings (SSSR count). The molecule has 0 radical (unpaired) electrons. The Morgan fingerprint density at radius 2 is 1.52 bits per heavy atom. The second-order valence-electron chi connectivity index (χ2n) is 5.13. The summed E-state index contributed by atoms with van der Waals surface area (Å²) in [7, 11) is 0. The van der Waals surface area contributed by atoms with Crippen molar-refractivity contribution in [3.63, 3.8) is 0 Å². The third-order valence-electron chi connectivity index (χ3n) is 3.96. The van der Waals surface area contributed by atoms with E-state index in [9.17, 15) is 0 Å². The van der Waals surface area contributed by atoms with Crippen LogP contribution in [0.5, 0.6) is 0 Å². The van der Waals surface area contributed by atoms with Gasteiger partial charge in [0.2, 0.25) is 0 Å². The highest BCUT2D eigenvalue weighted by Crippen LogP contribution is 2.43. The van der Waals surface area contributed by atoms with Crippen LogP contribution in [0.3, 0.4) is 0 Å². The first kappa shape index (κ1) is 11.8. The smallest absolute Gasteiger partial charge is 0.136 e. The first-order chi connectivity index (χ1) is 10.3. The molecular formula is C18H9BrOS. The summed E-state index contributed by atoms with van der Waals surface area (Å²) >= 11 is 5.50. The van der Waals surface area contributed by atoms with Gasteiger partial charge in [0.25, 0.3) is 0 Å². The van der Waals surface area contributed by atoms with Gasteiger partial charge in [-0.1, -0.05) is 30.3 Å². The van der Waals surface area contributed by atoms with Crippen molar-refractivity contribution in [3.8, 4) is 0 Å². The maximum absolute atomic E-state index is 5.98. The second-order valence-corrected chi connectivity index (χ2v) is 7.01. The lowest BCUT2D eigenvalue weighted by Crippen LogP contribution is -1.69. The van der Waals surface area contributed by atoms with E-state index >= 15 is 0 Å². The SMILES string of the molecule is Brc1cccc2c1sc1c2ccc2oc3ccccc3c21. The molecule has 100 valence electrons. The number of thiophene rings is 1. The van der Waals surface area contributed by atoms with Crippen molar-refractivity contribution in [1.82, 2.24) is 0 Å². The minimum atomic E-state index is 0.955. The fourth-order valence-corrected chi connectivity index (χ4v) is 4.90. The molecule has 5 aromatic rings. The predicted molar refractivity (Wildman–Crippen MR) is 94.3 cm³/mol. The molecule has 0 spiro atoms. The normalized spacial score (nSPS) is 12.0. The Labute approximate surface area is 132 Å². The Bertz CT molecular complexity index is 1150. The van der Waals surface area contributed by atoms with Crippen LogP contribution in [0.15, 0.2) is 63.5 Å². The predicted octanol–water partition coefficient (Wildman–Crippen LogP) is 6.72. The summed E-state index contributed by atoms with van der Waals surface area (Å²) in [6, 6.07) is 18.9. The van der Waals surface area contributed by atoms with Crippen molar-refractivity contribution in [2.24, 2.45) is 0 Å². The molecule has 0 aliphatic carbocycles. The summed E-state index contributed by atoms with van der Waals surface area (Å²) < 4.78 is 9.74. The summed E-state index contributed by atoms with van der Waals surface area (Å²) in [5.41, 5.74) is 1.92. The van der Waals surface area contributed by atoms with Gasteiger partial charge in [-0.2, -0.15) is 0 Å². The van der Waals surface area contributed by atoms with Crippen LogP contribution in [-0.2, 0) is 0 Å². The van der Waals surface area contributed by atoms with Gasteiger partial charge in [-0.15, -0.1) is 11.3 Å². The van der Waals surface area contributed by atoms with Gasteiger partial charge in [-0.05, 0) is 40.2 Å². The van der Waals surface area contributed by atoms with E-state index in [4.69, 9.17) is 4.42 Å². The largest absolute Gasteiger partial charge is 0.456 e. The molecule has 3 heteroatoms. The van der Waals surface area contributed by atoms with Gasteiger partial charge in [-0.3, -0.25) is 0 Å². The number of hydrogen-bond acceptors (Lipinski definition) is 2. The van der Waals surface area contributed by atoms with Gasteiger partial charge in [0, 0.05) is 35.4 Å². The monoisotopic (exact) mass is 352 g/mol. The van der Waals surface area contributed by atoms with E-state index in [-0.39, 0.29) is 0 Å². The highest BCUT2D eigenvalue weighted by atomic mass is 79.9. The lowest BCUT2D eigenvalue weighted by Gasteiger charge is -1.93. The van der Waals surface area contributed by atoms with Gasteiger partial charge in [0.15, 0.2) is 0 Å². The Morgan fingerprint density at radius 1 is 0.714 bits per heavy atom. The topological polar surface area (TPSA) is 13.1 Å². The van der Waals surface area contributed by atoms with Gasteiger partial charge in [0.05, 0.1) is 0 Å². The van der Waals surface area contributed by atoms with E-state index in [1.807, 2.05) is 23.5 Å². The average Bonchev–Trinajstić information content (AvgIpc) is 3.05. The van der Waals surface area contributed by atoms with Crippen LogP contribution in [0.2, 0.25) is 0 Å². The number of benzene rings is 3. The van der Waals surface area contributed by atoms with Gasteiger partial charge in [0.1, 0.15) is 11.2 Å². The summed E-state index contributed by atoms with van der Waals surface area (Å²) in [6.07, 6.45) is 0. The number of hydrogen-bond donors (Lipinski definition) is 0. The fraction of sp³-hybridized carbons (Fsp3) is 0. The molecule has 0 bridgehead atoms. The summed E-state index contributed by atoms with van der Waals surface area (Å²) in [4.78, 5) is 0. The van der Waals surface area contributed by atoms with Crippen LogP contribution in [-0.4, -0.2) is 0 Å². The van der Waals surface area contributed by atoms with E-state index in [1.54, 1.807) is 0 Å². The van der Waals surface area contributed by atoms with E-state index in [0.29, 0.717) is 0 Å². The minimum Gasteiger partial charge on any atom is -0.456 e. The molecule has 3 aromatic carbocycles. The highest BCUT2D eigenvalue weighted by molar-refractivity contribution is 9.10. The summed E-state index contributed by atoms with van der Waals surface area (Å²) in [6.45, 7) is 0. The van der Waals surface area contributed by atoms with Crippen molar-refractivity contribution < 1.29 is 4.42 Å². The molecule has 21 heavy (non-hydrogen) atoms. The number of halogens is 1. The molecule has 2 heterocycles. The minimum absolute atomic E-state index is 0.955. The number of furan rings is 1. The molecule has 0 aliphatic rings. The first-order valence-electron chi connectivity index (χ1n) is 6.74. The van der Waals surface area contributed by atoms with Crippen LogP contribution in [0.25, 0.3) is 42.1 Å². The van der Waals surface area contributed by atoms with Crippen molar-refractivity contribution in [1.29, 1.82) is 0 Å². The van der Waals surface area contributed by atoms with Crippen LogP contribution >= 0.6 is 27.3 Å². The van der Waals surface area contributed by atoms with Gasteiger partial charge < -0.3 is 4.42 Å². The lowest BCUT2D eigenvalue weighted by atomic mass is 10.1. The molecule has 2 aromatic heterocycles. The quantitative estimate of drug-likeness (QED) is 0.301. The van der Waals surface area contributed by atoms with Crippen LogP contribution in [0.1, 0.15) is 0 Å². The van der Waals surface area contributed by atoms with E-state index in [1.165, 1.54) is 30.9 Å². The average molecular weight is 353 g/mol. The highest BCUT2D eigenvalue weighted by Gasteiger charge is 2.14. The first-order valence-corrected chi connectivity index (χ1v) is 8.35. The molecule has 0 saturated carbocycles. The molecule has 0 amide bonds. The van der Waals surface area contributed by atoms with Gasteiger partial charge >= 0.3 is 0 Å². The van der Waals surface area contributed by atoms with Gasteiger partial charge in [-0.25, -0.2) is 0 Å². The zero-order valence-electron chi connectivity index (χ0n) is 10.9. The Kier molecular flexibility index (Phi) is 2.29. The Balaban J connectivity index is 2.13. The number of rotatable bonds is 0. The fourth-order valence-electron chi connectivity index (χ4n) is 3.03. The number of para-hydroxylation sites is 1. The molecule has 1 nitrogen and oxygen atoms in total. The lowest BCUT2D eigenvalue weighted by molar-refractivity contribution is 0.669. The van der Waals surface area contributed by atoms with Crippen molar-refractivity contribution in [2.75, 3.05) is 0 Å². The van der Waals surface area contributed by atoms with E-state index in [0.717, 1.165) is 15.6 Å². The molecule has 0 atom stereocenters. The summed E-state index contributed by atoms with van der Waals surface area (Å²) in [5, 5.41) is 5.03. The van der Waals surface area contributed by atoms with Crippen molar-refractivity contribution >= 4 is 69.4 Å². The van der Waals surface area contributed by atoms with Crippen LogP contribution in [0.4, 0.5) is 0 Å². The third-order valence-corrected chi connectivity index (χ3v) is 6.15. The molecule has 0 aliphatic heterocycles. The zero-order chi connectivity index (χ0) is 14.0. The van der Waals surface area contributed by atoms with Crippen molar-refractivity contribution in [2.45, 2.75) is 0 Å². The zero-order valence-corrected chi connectivity index (χ0v) is 13.3. The van der Waals surface area contributed by atoms with Crippen LogP contribution in [0, 0.1) is 0 Å². The molecule has 0 N–H and O–H groups in total. The van der Waals surface area contributed by atoms with Crippen LogP contribution < -0.4 is 0 Å². The van der Waals surface area contributed by atoms with Crippen molar-refractivity contribution in [3.05, 3.63) is 59.1 Å². The Morgan fingerprint density at radius 3 is 2.48 bits per heavy atom. The maximum atomic E-state index is 5.98. The molecular weight excluding hydrogens is 344 g/mol. The molecule has 0 fully saturated rings. The Hall–Kier alpha value is -1.84. The maximum Gasteiger partial charge on any atom is 0.136 e. The molecule has 0 unspecified atom stereocenters.